The molecule has 0 spiro atoms. The number of benzene rings is 1. The molecule has 128 valence electrons. The summed E-state index contributed by atoms with van der Waals surface area (Å²) in [6, 6.07) is 5.59. The molecule has 0 saturated heterocycles. The third-order valence-electron chi connectivity index (χ3n) is 2.72. The van der Waals surface area contributed by atoms with E-state index in [1.54, 1.807) is 0 Å². The van der Waals surface area contributed by atoms with Crippen LogP contribution in [0.25, 0.3) is 0 Å². The summed E-state index contributed by atoms with van der Waals surface area (Å²) in [5, 5.41) is 11.7. The van der Waals surface area contributed by atoms with Gasteiger partial charge >= 0.3 is 140 Å². The first-order valence-corrected chi connectivity index (χ1v) is 11.1. The molecular formula is C13H13AsN2O7S. The molecule has 24 heavy (non-hydrogen) atoms. The Morgan fingerprint density at radius 2 is 2.04 bits per heavy atom. The van der Waals surface area contributed by atoms with E-state index in [0.29, 0.717) is 0 Å². The van der Waals surface area contributed by atoms with Gasteiger partial charge in [-0.3, -0.25) is 0 Å². The van der Waals surface area contributed by atoms with Crippen LogP contribution in [0.4, 0.5) is 5.69 Å². The van der Waals surface area contributed by atoms with Gasteiger partial charge in [-0.15, -0.1) is 0 Å². The van der Waals surface area contributed by atoms with Crippen LogP contribution in [0.2, 0.25) is 0 Å². The van der Waals surface area contributed by atoms with Gasteiger partial charge in [-0.25, -0.2) is 0 Å². The molecule has 0 radical (unpaired) electrons. The number of carbonyl (C=O) groups is 1. The van der Waals surface area contributed by atoms with E-state index >= 15 is 0 Å². The molecule has 2 aromatic rings. The van der Waals surface area contributed by atoms with E-state index in [9.17, 15) is 26.2 Å². The molecule has 0 aliphatic heterocycles. The fraction of sp³-hybridized carbons (Fsp3) is 0.0769. The Kier molecular flexibility index (Phi) is 5.14. The summed E-state index contributed by atoms with van der Waals surface area (Å²) >= 11 is -5.62. The van der Waals surface area contributed by atoms with E-state index < -0.39 is 34.5 Å². The van der Waals surface area contributed by atoms with Crippen LogP contribution in [-0.4, -0.2) is 42.7 Å². The molecule has 0 fully saturated rings. The van der Waals surface area contributed by atoms with Gasteiger partial charge in [0.15, 0.2) is 0 Å². The van der Waals surface area contributed by atoms with E-state index in [1.165, 1.54) is 12.3 Å². The molecule has 1 aromatic heterocycles. The van der Waals surface area contributed by atoms with Crippen molar-refractivity contribution in [3.05, 3.63) is 42.7 Å². The Hall–Kier alpha value is -2.13. The monoisotopic (exact) mass is 416 g/mol. The maximum absolute atomic E-state index is 12.5. The average molecular weight is 416 g/mol. The Labute approximate surface area is 140 Å². The number of hydrogen-bond acceptors (Lipinski definition) is 7. The van der Waals surface area contributed by atoms with Gasteiger partial charge < -0.3 is 0 Å². The summed E-state index contributed by atoms with van der Waals surface area (Å²) in [6.45, 7) is 1.15. The minimum absolute atomic E-state index is 0.214. The number of aromatic nitrogens is 1. The summed E-state index contributed by atoms with van der Waals surface area (Å²) < 4.78 is 50.9. The summed E-state index contributed by atoms with van der Waals surface area (Å²) in [6.07, 6.45) is 2.30. The number of phenols is 1. The normalized spacial score (nSPS) is 13.9. The van der Waals surface area contributed by atoms with Crippen molar-refractivity contribution in [2.75, 3.05) is 5.32 Å². The van der Waals surface area contributed by atoms with Crippen molar-refractivity contribution in [3.8, 4) is 5.75 Å². The Balaban J connectivity index is 2.44. The van der Waals surface area contributed by atoms with E-state index in [-0.39, 0.29) is 16.3 Å². The summed E-state index contributed by atoms with van der Waals surface area (Å²) in [5.74, 6) is -0.861. The van der Waals surface area contributed by atoms with Crippen molar-refractivity contribution in [2.45, 2.75) is 11.8 Å². The third kappa shape index (κ3) is 4.24. The Bertz CT molecular complexity index is 915. The molecule has 1 aromatic carbocycles. The zero-order chi connectivity index (χ0) is 18.0. The predicted octanol–water partition coefficient (Wildman–Crippen LogP) is -0.280. The van der Waals surface area contributed by atoms with Crippen LogP contribution < -0.4 is 9.67 Å². The number of rotatable bonds is 5. The molecule has 3 N–H and O–H groups in total. The van der Waals surface area contributed by atoms with Crippen molar-refractivity contribution >= 4 is 40.2 Å². The number of amides is 1. The number of carbonyl (C=O) groups excluding carboxylic acids is 1. The second-order valence-electron chi connectivity index (χ2n) is 4.62. The summed E-state index contributed by atoms with van der Waals surface area (Å²) in [7, 11) is -4.55. The first-order chi connectivity index (χ1) is 11.1. The predicted molar refractivity (Wildman–Crippen MR) is 83.2 cm³/mol. The standard InChI is InChI=1S/C13H13AsN2O7S/c1-9(17)16-13-7-10(18)4-5-12(13)14(19,20)23-24(21,22)11-3-2-6-15-8-11/h2-8,18H,1H3,(H,16,17)(H,19,20). The second kappa shape index (κ2) is 6.78. The molecule has 0 bridgehead atoms. The third-order valence-corrected chi connectivity index (χ3v) is 8.54. The van der Waals surface area contributed by atoms with Crippen molar-refractivity contribution in [1.82, 2.24) is 4.98 Å². The fourth-order valence-electron chi connectivity index (χ4n) is 1.77. The zero-order valence-electron chi connectivity index (χ0n) is 12.3. The number of pyridine rings is 1. The number of nitrogens with zero attached hydrogens (tertiary/aromatic N) is 1. The molecular weight excluding hydrogens is 403 g/mol. The number of phenolic OH excluding ortho intramolecular Hbond substituents is 1. The van der Waals surface area contributed by atoms with Gasteiger partial charge in [0.05, 0.1) is 0 Å². The van der Waals surface area contributed by atoms with Gasteiger partial charge in [0.1, 0.15) is 0 Å². The number of nitrogens with one attached hydrogen (secondary N) is 1. The zero-order valence-corrected chi connectivity index (χ0v) is 15.0. The molecule has 0 aliphatic rings. The molecule has 2 rings (SSSR count). The van der Waals surface area contributed by atoms with Gasteiger partial charge in [0, 0.05) is 0 Å². The number of aromatic hydroxyl groups is 1. The Morgan fingerprint density at radius 1 is 1.33 bits per heavy atom. The molecule has 0 saturated carbocycles. The van der Waals surface area contributed by atoms with Crippen LogP contribution in [0, 0.1) is 0 Å². The van der Waals surface area contributed by atoms with Crippen LogP contribution in [0.5, 0.6) is 5.75 Å². The van der Waals surface area contributed by atoms with Crippen molar-refractivity contribution < 1.29 is 29.3 Å². The van der Waals surface area contributed by atoms with Crippen LogP contribution >= 0.6 is 0 Å². The number of anilines is 1. The quantitative estimate of drug-likeness (QED) is 0.565. The molecule has 0 aliphatic carbocycles. The van der Waals surface area contributed by atoms with Crippen molar-refractivity contribution in [3.63, 3.8) is 0 Å². The molecule has 1 heterocycles. The summed E-state index contributed by atoms with van der Waals surface area (Å²) in [4.78, 5) is 14.4. The second-order valence-corrected chi connectivity index (χ2v) is 10.3. The fourth-order valence-corrected chi connectivity index (χ4v) is 6.80. The van der Waals surface area contributed by atoms with E-state index in [4.69, 9.17) is 0 Å². The summed E-state index contributed by atoms with van der Waals surface area (Å²) in [5.41, 5.74) is -0.214. The molecule has 1 unspecified atom stereocenters. The van der Waals surface area contributed by atoms with Crippen LogP contribution in [0.1, 0.15) is 6.92 Å². The minimum atomic E-state index is -5.62. The number of hydrogen-bond donors (Lipinski definition) is 3. The van der Waals surface area contributed by atoms with Gasteiger partial charge in [0.2, 0.25) is 0 Å². The van der Waals surface area contributed by atoms with E-state index in [0.717, 1.165) is 37.4 Å². The maximum atomic E-state index is 12.5. The van der Waals surface area contributed by atoms with Gasteiger partial charge in [-0.05, 0) is 0 Å². The van der Waals surface area contributed by atoms with Crippen molar-refractivity contribution in [1.29, 1.82) is 0 Å². The Morgan fingerprint density at radius 3 is 2.62 bits per heavy atom. The van der Waals surface area contributed by atoms with Crippen LogP contribution in [0.15, 0.2) is 47.6 Å². The average Bonchev–Trinajstić information content (AvgIpc) is 2.46. The molecule has 11 heteroatoms. The SMILES string of the molecule is CC(=O)Nc1cc(O)ccc1[As](=O)(O)OS(=O)(=O)c1cccnc1. The topological polar surface area (TPSA) is 143 Å². The van der Waals surface area contributed by atoms with Gasteiger partial charge in [0.25, 0.3) is 0 Å². The van der Waals surface area contributed by atoms with E-state index in [2.05, 4.69) is 13.5 Å². The first kappa shape index (κ1) is 18.2. The van der Waals surface area contributed by atoms with Gasteiger partial charge in [-0.2, -0.15) is 0 Å². The molecule has 9 nitrogen and oxygen atoms in total. The first-order valence-electron chi connectivity index (χ1n) is 6.42. The van der Waals surface area contributed by atoms with Crippen molar-refractivity contribution in [2.24, 2.45) is 0 Å². The molecule has 1 atom stereocenters. The van der Waals surface area contributed by atoms with Crippen LogP contribution in [0.3, 0.4) is 0 Å². The van der Waals surface area contributed by atoms with E-state index in [1.807, 2.05) is 0 Å². The van der Waals surface area contributed by atoms with Crippen LogP contribution in [-0.2, 0) is 21.8 Å². The molecule has 1 amide bonds. The van der Waals surface area contributed by atoms with Gasteiger partial charge in [-0.1, -0.05) is 0 Å².